The molecule has 0 amide bonds. The normalized spacial score (nSPS) is 24.1. The third-order valence-corrected chi connectivity index (χ3v) is 2.87. The minimum atomic E-state index is 0.149. The van der Waals surface area contributed by atoms with E-state index in [0.29, 0.717) is 6.04 Å². The Morgan fingerprint density at radius 1 is 1.71 bits per heavy atom. The molecule has 4 heteroatoms. The van der Waals surface area contributed by atoms with E-state index in [1.54, 1.807) is 0 Å². The highest BCUT2D eigenvalue weighted by Gasteiger charge is 2.23. The van der Waals surface area contributed by atoms with E-state index in [-0.39, 0.29) is 11.8 Å². The second-order valence-electron chi connectivity index (χ2n) is 3.96. The van der Waals surface area contributed by atoms with E-state index in [1.165, 1.54) is 0 Å². The van der Waals surface area contributed by atoms with Gasteiger partial charge in [0, 0.05) is 25.1 Å². The maximum Gasteiger partial charge on any atom is 0.0947 e. The summed E-state index contributed by atoms with van der Waals surface area (Å²) in [6, 6.07) is 0.529. The lowest BCUT2D eigenvalue weighted by Gasteiger charge is -2.28. The van der Waals surface area contributed by atoms with E-state index >= 15 is 0 Å². The fourth-order valence-corrected chi connectivity index (χ4v) is 1.80. The van der Waals surface area contributed by atoms with Crippen molar-refractivity contribution in [1.82, 2.24) is 4.90 Å². The molecule has 1 aliphatic heterocycles. The summed E-state index contributed by atoms with van der Waals surface area (Å²) in [5.41, 5.74) is 5.46. The molecule has 4 nitrogen and oxygen atoms in total. The topological polar surface area (TPSA) is 62.3 Å². The molecular weight excluding hydrogens is 178 g/mol. The average Bonchev–Trinajstić information content (AvgIpc) is 2.66. The van der Waals surface area contributed by atoms with Gasteiger partial charge in [-0.3, -0.25) is 10.3 Å². The van der Waals surface area contributed by atoms with Crippen LogP contribution in [0.25, 0.3) is 0 Å². The Bertz CT molecular complexity index is 190. The predicted molar refractivity (Wildman–Crippen MR) is 57.5 cm³/mol. The van der Waals surface area contributed by atoms with Crippen molar-refractivity contribution in [3.8, 4) is 0 Å². The minimum absolute atomic E-state index is 0.149. The molecule has 1 rings (SSSR count). The van der Waals surface area contributed by atoms with Crippen LogP contribution in [-0.4, -0.2) is 43.1 Å². The maximum atomic E-state index is 7.36. The van der Waals surface area contributed by atoms with Gasteiger partial charge in [0.25, 0.3) is 0 Å². The van der Waals surface area contributed by atoms with Crippen LogP contribution in [0.5, 0.6) is 0 Å². The highest BCUT2D eigenvalue weighted by molar-refractivity contribution is 5.79. The summed E-state index contributed by atoms with van der Waals surface area (Å²) >= 11 is 0. The molecule has 0 aromatic heterocycles. The van der Waals surface area contributed by atoms with Crippen LogP contribution < -0.4 is 5.73 Å². The summed E-state index contributed by atoms with van der Waals surface area (Å²) < 4.78 is 5.36. The Labute approximate surface area is 85.9 Å². The number of nitrogens with two attached hydrogens (primary N) is 1. The summed E-state index contributed by atoms with van der Waals surface area (Å²) in [7, 11) is 0. The van der Waals surface area contributed by atoms with Crippen molar-refractivity contribution in [2.45, 2.75) is 26.3 Å². The molecule has 0 aliphatic carbocycles. The van der Waals surface area contributed by atoms with Crippen LogP contribution in [0, 0.1) is 11.3 Å². The van der Waals surface area contributed by atoms with Gasteiger partial charge in [-0.1, -0.05) is 13.8 Å². The first-order chi connectivity index (χ1) is 6.65. The summed E-state index contributed by atoms with van der Waals surface area (Å²) in [6.07, 6.45) is 1.11. The van der Waals surface area contributed by atoms with E-state index in [2.05, 4.69) is 11.8 Å². The van der Waals surface area contributed by atoms with Crippen molar-refractivity contribution in [1.29, 1.82) is 5.41 Å². The molecule has 14 heavy (non-hydrogen) atoms. The van der Waals surface area contributed by atoms with Crippen LogP contribution in [0.4, 0.5) is 0 Å². The summed E-state index contributed by atoms with van der Waals surface area (Å²) in [5, 5.41) is 7.36. The number of ether oxygens (including phenoxy) is 1. The van der Waals surface area contributed by atoms with Gasteiger partial charge >= 0.3 is 0 Å². The molecule has 2 atom stereocenters. The average molecular weight is 199 g/mol. The van der Waals surface area contributed by atoms with E-state index < -0.39 is 0 Å². The second-order valence-corrected chi connectivity index (χ2v) is 3.96. The van der Waals surface area contributed by atoms with Crippen molar-refractivity contribution in [3.05, 3.63) is 0 Å². The number of rotatable bonds is 5. The number of hydrogen-bond donors (Lipinski definition) is 2. The van der Waals surface area contributed by atoms with E-state index in [4.69, 9.17) is 15.9 Å². The third-order valence-electron chi connectivity index (χ3n) is 2.87. The van der Waals surface area contributed by atoms with Gasteiger partial charge in [0.2, 0.25) is 0 Å². The lowest BCUT2D eigenvalue weighted by atomic mass is 10.1. The molecule has 3 N–H and O–H groups in total. The first kappa shape index (κ1) is 11.5. The zero-order valence-corrected chi connectivity index (χ0v) is 9.12. The van der Waals surface area contributed by atoms with Gasteiger partial charge in [0.1, 0.15) is 0 Å². The summed E-state index contributed by atoms with van der Waals surface area (Å²) in [5.74, 6) is 0.429. The number of amidine groups is 1. The Balaban J connectivity index is 2.41. The van der Waals surface area contributed by atoms with Crippen LogP contribution in [0.15, 0.2) is 0 Å². The standard InChI is InChI=1S/C10H21N3O/c1-3-13(6-8(2)10(11)12)9-4-5-14-7-9/h8-9H,3-7H2,1-2H3,(H3,11,12). The molecule has 1 aliphatic rings. The zero-order chi connectivity index (χ0) is 10.6. The van der Waals surface area contributed by atoms with Gasteiger partial charge < -0.3 is 10.5 Å². The molecule has 0 bridgehead atoms. The maximum absolute atomic E-state index is 7.36. The zero-order valence-electron chi connectivity index (χ0n) is 9.12. The Morgan fingerprint density at radius 3 is 2.86 bits per heavy atom. The van der Waals surface area contributed by atoms with Gasteiger partial charge in [-0.25, -0.2) is 0 Å². The van der Waals surface area contributed by atoms with Crippen molar-refractivity contribution < 1.29 is 4.74 Å². The van der Waals surface area contributed by atoms with Crippen molar-refractivity contribution in [2.75, 3.05) is 26.3 Å². The smallest absolute Gasteiger partial charge is 0.0947 e. The van der Waals surface area contributed by atoms with Gasteiger partial charge in [-0.2, -0.15) is 0 Å². The molecule has 1 heterocycles. The first-order valence-electron chi connectivity index (χ1n) is 5.30. The van der Waals surface area contributed by atoms with E-state index in [0.717, 1.165) is 32.7 Å². The number of likely N-dealkylation sites (N-methyl/N-ethyl adjacent to an activating group) is 1. The molecule has 1 fully saturated rings. The molecule has 0 radical (unpaired) electrons. The van der Waals surface area contributed by atoms with Crippen molar-refractivity contribution in [2.24, 2.45) is 11.7 Å². The Kier molecular flexibility index (Phi) is 4.35. The van der Waals surface area contributed by atoms with Crippen LogP contribution >= 0.6 is 0 Å². The van der Waals surface area contributed by atoms with Gasteiger partial charge in [-0.15, -0.1) is 0 Å². The second kappa shape index (κ2) is 5.32. The van der Waals surface area contributed by atoms with Crippen LogP contribution in [0.3, 0.4) is 0 Å². The highest BCUT2D eigenvalue weighted by atomic mass is 16.5. The number of nitrogens with zero attached hydrogens (tertiary/aromatic N) is 1. The molecular formula is C10H21N3O. The summed E-state index contributed by atoms with van der Waals surface area (Å²) in [6.45, 7) is 7.73. The SMILES string of the molecule is CCN(CC(C)C(=N)N)C1CCOC1. The van der Waals surface area contributed by atoms with Gasteiger partial charge in [0.15, 0.2) is 0 Å². The Hall–Kier alpha value is -0.610. The molecule has 0 spiro atoms. The van der Waals surface area contributed by atoms with E-state index in [9.17, 15) is 0 Å². The summed E-state index contributed by atoms with van der Waals surface area (Å²) in [4.78, 5) is 2.36. The quantitative estimate of drug-likeness (QED) is 0.505. The monoisotopic (exact) mass is 199 g/mol. The predicted octanol–water partition coefficient (Wildman–Crippen LogP) is 0.669. The molecule has 2 unspecified atom stereocenters. The van der Waals surface area contributed by atoms with Crippen molar-refractivity contribution >= 4 is 5.84 Å². The first-order valence-corrected chi connectivity index (χ1v) is 5.30. The molecule has 0 aromatic rings. The van der Waals surface area contributed by atoms with E-state index in [1.807, 2.05) is 6.92 Å². The van der Waals surface area contributed by atoms with Gasteiger partial charge in [0.05, 0.1) is 12.4 Å². The molecule has 0 aromatic carbocycles. The van der Waals surface area contributed by atoms with Crippen LogP contribution in [0.1, 0.15) is 20.3 Å². The largest absolute Gasteiger partial charge is 0.387 e. The fraction of sp³-hybridized carbons (Fsp3) is 0.900. The van der Waals surface area contributed by atoms with Crippen LogP contribution in [-0.2, 0) is 4.74 Å². The lowest BCUT2D eigenvalue weighted by Crippen LogP contribution is -2.41. The fourth-order valence-electron chi connectivity index (χ4n) is 1.80. The number of hydrogen-bond acceptors (Lipinski definition) is 3. The van der Waals surface area contributed by atoms with Crippen LogP contribution in [0.2, 0.25) is 0 Å². The van der Waals surface area contributed by atoms with Gasteiger partial charge in [-0.05, 0) is 13.0 Å². The van der Waals surface area contributed by atoms with Crippen molar-refractivity contribution in [3.63, 3.8) is 0 Å². The highest BCUT2D eigenvalue weighted by Crippen LogP contribution is 2.13. The Morgan fingerprint density at radius 2 is 2.43 bits per heavy atom. The molecule has 1 saturated heterocycles. The minimum Gasteiger partial charge on any atom is -0.387 e. The third kappa shape index (κ3) is 2.96. The lowest BCUT2D eigenvalue weighted by molar-refractivity contribution is 0.143. The molecule has 82 valence electrons. The molecule has 0 saturated carbocycles. The number of nitrogens with one attached hydrogen (secondary N) is 1.